The van der Waals surface area contributed by atoms with Crippen molar-refractivity contribution in [2.45, 2.75) is 20.8 Å². The van der Waals surface area contributed by atoms with Crippen LogP contribution >= 0.6 is 0 Å². The van der Waals surface area contributed by atoms with Crippen LogP contribution in [-0.4, -0.2) is 22.2 Å². The van der Waals surface area contributed by atoms with Gasteiger partial charge in [0.2, 0.25) is 0 Å². The van der Waals surface area contributed by atoms with Crippen molar-refractivity contribution in [3.63, 3.8) is 0 Å². The quantitative estimate of drug-likeness (QED) is 0.475. The van der Waals surface area contributed by atoms with Gasteiger partial charge in [-0.25, -0.2) is 4.79 Å². The molecule has 1 aliphatic rings. The topological polar surface area (TPSA) is 60.7 Å². The number of carbonyl (C=O) groups excluding carboxylic acids is 2. The third-order valence-corrected chi connectivity index (χ3v) is 3.94. The van der Waals surface area contributed by atoms with Crippen LogP contribution in [0.1, 0.15) is 20.8 Å². The van der Waals surface area contributed by atoms with E-state index in [0.29, 0.717) is 16.9 Å². The van der Waals surface area contributed by atoms with Crippen molar-refractivity contribution in [2.75, 3.05) is 0 Å². The molecule has 0 atom stereocenters. The Morgan fingerprint density at radius 1 is 1.12 bits per heavy atom. The molecule has 0 amide bonds. The maximum atomic E-state index is 12.2. The van der Waals surface area contributed by atoms with Gasteiger partial charge in [-0.15, -0.1) is 0 Å². The van der Waals surface area contributed by atoms with E-state index in [9.17, 15) is 9.59 Å². The first kappa shape index (κ1) is 15.9. The van der Waals surface area contributed by atoms with Gasteiger partial charge in [-0.1, -0.05) is 43.3 Å². The van der Waals surface area contributed by atoms with Gasteiger partial charge < -0.3 is 0 Å². The smallest absolute Gasteiger partial charge is 0.297 e. The number of benzene rings is 1. The first-order valence-corrected chi connectivity index (χ1v) is 7.76. The van der Waals surface area contributed by atoms with E-state index in [-0.39, 0.29) is 11.7 Å². The van der Waals surface area contributed by atoms with Crippen molar-refractivity contribution in [1.82, 2.24) is 4.57 Å². The van der Waals surface area contributed by atoms with Gasteiger partial charge >= 0.3 is 6.09 Å². The fraction of sp³-hybridized carbons (Fsp3) is 0.211. The Balaban J connectivity index is 1.82. The van der Waals surface area contributed by atoms with E-state index >= 15 is 0 Å². The lowest BCUT2D eigenvalue weighted by Crippen LogP contribution is -2.17. The molecule has 0 saturated carbocycles. The molecule has 0 unspecified atom stereocenters. The lowest BCUT2D eigenvalue weighted by Gasteiger charge is -2.14. The van der Waals surface area contributed by atoms with Crippen molar-refractivity contribution in [1.29, 1.82) is 0 Å². The predicted octanol–water partition coefficient (Wildman–Crippen LogP) is 4.09. The maximum Gasteiger partial charge on any atom is 0.444 e. The third-order valence-electron chi connectivity index (χ3n) is 3.94. The molecule has 1 aliphatic carbocycles. The highest BCUT2D eigenvalue weighted by molar-refractivity contribution is 6.21. The summed E-state index contributed by atoms with van der Waals surface area (Å²) in [5.74, 6) is 0.0573. The molecule has 0 bridgehead atoms. The molecule has 1 aromatic heterocycles. The summed E-state index contributed by atoms with van der Waals surface area (Å²) in [6, 6.07) is 7.65. The standard InChI is InChI=1S/C19H18N2O3/c1-12(2)16-9-17(13(3)8-18(16)22)20-24-19(23)21-10-14-6-4-5-7-15(14)11-21/h4-12H,1-3H3/b20-17+. The van der Waals surface area contributed by atoms with Crippen LogP contribution in [0.25, 0.3) is 10.8 Å². The average molecular weight is 322 g/mol. The molecule has 2 aromatic rings. The molecule has 0 fully saturated rings. The Kier molecular flexibility index (Phi) is 4.16. The van der Waals surface area contributed by atoms with E-state index in [2.05, 4.69) is 5.16 Å². The average Bonchev–Trinajstić information content (AvgIpc) is 2.97. The van der Waals surface area contributed by atoms with Gasteiger partial charge in [0.25, 0.3) is 0 Å². The number of allylic oxidation sites excluding steroid dienone is 4. The number of carbonyl (C=O) groups is 2. The zero-order chi connectivity index (χ0) is 17.3. The molecule has 5 nitrogen and oxygen atoms in total. The van der Waals surface area contributed by atoms with Crippen LogP contribution in [-0.2, 0) is 9.63 Å². The predicted molar refractivity (Wildman–Crippen MR) is 92.9 cm³/mol. The van der Waals surface area contributed by atoms with E-state index < -0.39 is 6.09 Å². The lowest BCUT2D eigenvalue weighted by molar-refractivity contribution is -0.111. The van der Waals surface area contributed by atoms with E-state index in [1.54, 1.807) is 25.4 Å². The number of rotatable bonds is 2. The van der Waals surface area contributed by atoms with Crippen LogP contribution in [0.5, 0.6) is 0 Å². The normalized spacial score (nSPS) is 16.5. The third kappa shape index (κ3) is 3.06. The Bertz CT molecular complexity index is 881. The van der Waals surface area contributed by atoms with E-state index in [4.69, 9.17) is 4.84 Å². The van der Waals surface area contributed by atoms with E-state index in [0.717, 1.165) is 10.8 Å². The molecule has 0 N–H and O–H groups in total. The van der Waals surface area contributed by atoms with Crippen LogP contribution in [0.2, 0.25) is 0 Å². The summed E-state index contributed by atoms with van der Waals surface area (Å²) in [5, 5.41) is 5.82. The second-order valence-corrected chi connectivity index (χ2v) is 6.07. The summed E-state index contributed by atoms with van der Waals surface area (Å²) in [4.78, 5) is 29.2. The van der Waals surface area contributed by atoms with Crippen molar-refractivity contribution in [2.24, 2.45) is 11.1 Å². The molecule has 3 rings (SSSR count). The maximum absolute atomic E-state index is 12.2. The molecular weight excluding hydrogens is 304 g/mol. The number of hydrogen-bond acceptors (Lipinski definition) is 4. The van der Waals surface area contributed by atoms with Gasteiger partial charge in [0.1, 0.15) is 5.71 Å². The second kappa shape index (κ2) is 6.28. The summed E-state index contributed by atoms with van der Waals surface area (Å²) < 4.78 is 1.36. The van der Waals surface area contributed by atoms with Crippen LogP contribution in [0, 0.1) is 5.92 Å². The Morgan fingerprint density at radius 2 is 1.75 bits per heavy atom. The van der Waals surface area contributed by atoms with Crippen LogP contribution in [0.4, 0.5) is 4.79 Å². The summed E-state index contributed by atoms with van der Waals surface area (Å²) in [5.41, 5.74) is 1.82. The molecule has 0 aliphatic heterocycles. The van der Waals surface area contributed by atoms with Crippen molar-refractivity contribution in [3.8, 4) is 0 Å². The fourth-order valence-corrected chi connectivity index (χ4v) is 2.56. The number of aromatic nitrogens is 1. The lowest BCUT2D eigenvalue weighted by atomic mass is 9.90. The van der Waals surface area contributed by atoms with Gasteiger partial charge in [0, 0.05) is 18.0 Å². The first-order chi connectivity index (χ1) is 11.5. The second-order valence-electron chi connectivity index (χ2n) is 6.07. The van der Waals surface area contributed by atoms with Crippen molar-refractivity contribution >= 4 is 28.4 Å². The molecule has 24 heavy (non-hydrogen) atoms. The molecule has 5 heteroatoms. The molecule has 1 aromatic carbocycles. The SMILES string of the molecule is CC1=CC(=O)C(C(C)C)=C/C1=N\OC(=O)n1cc2ccccc2c1. The number of ketones is 1. The molecular formula is C19H18N2O3. The number of nitrogens with zero attached hydrogens (tertiary/aromatic N) is 2. The van der Waals surface area contributed by atoms with Crippen LogP contribution < -0.4 is 0 Å². The highest BCUT2D eigenvalue weighted by Gasteiger charge is 2.19. The number of fused-ring (bicyclic) bond motifs is 1. The van der Waals surface area contributed by atoms with E-state index in [1.165, 1.54) is 10.6 Å². The minimum Gasteiger partial charge on any atom is -0.297 e. The zero-order valence-electron chi connectivity index (χ0n) is 13.8. The Morgan fingerprint density at radius 3 is 2.33 bits per heavy atom. The van der Waals surface area contributed by atoms with Gasteiger partial charge in [0.05, 0.1) is 0 Å². The van der Waals surface area contributed by atoms with Gasteiger partial charge in [-0.05, 0) is 41.3 Å². The zero-order valence-corrected chi connectivity index (χ0v) is 13.8. The number of hydrogen-bond donors (Lipinski definition) is 0. The highest BCUT2D eigenvalue weighted by Crippen LogP contribution is 2.20. The summed E-state index contributed by atoms with van der Waals surface area (Å²) in [7, 11) is 0. The van der Waals surface area contributed by atoms with Crippen molar-refractivity contribution < 1.29 is 14.4 Å². The van der Waals surface area contributed by atoms with E-state index in [1.807, 2.05) is 38.1 Å². The van der Waals surface area contributed by atoms with Gasteiger partial charge in [-0.2, -0.15) is 0 Å². The van der Waals surface area contributed by atoms with Crippen LogP contribution in [0.3, 0.4) is 0 Å². The Hall–Kier alpha value is -2.95. The van der Waals surface area contributed by atoms with Crippen molar-refractivity contribution in [3.05, 3.63) is 60.0 Å². The van der Waals surface area contributed by atoms with Crippen LogP contribution in [0.15, 0.2) is 65.1 Å². The fourth-order valence-electron chi connectivity index (χ4n) is 2.56. The molecule has 1 heterocycles. The highest BCUT2D eigenvalue weighted by atomic mass is 16.7. The van der Waals surface area contributed by atoms with Gasteiger partial charge in [0.15, 0.2) is 5.78 Å². The number of oxime groups is 1. The molecule has 0 spiro atoms. The minimum atomic E-state index is -0.595. The van der Waals surface area contributed by atoms with Gasteiger partial charge in [-0.3, -0.25) is 14.2 Å². The minimum absolute atomic E-state index is 0.0237. The monoisotopic (exact) mass is 322 g/mol. The molecule has 0 radical (unpaired) electrons. The molecule has 0 saturated heterocycles. The summed E-state index contributed by atoms with van der Waals surface area (Å²) >= 11 is 0. The first-order valence-electron chi connectivity index (χ1n) is 7.76. The summed E-state index contributed by atoms with van der Waals surface area (Å²) in [6.45, 7) is 5.64. The molecule has 122 valence electrons. The summed E-state index contributed by atoms with van der Waals surface area (Å²) in [6.07, 6.45) is 6.00. The largest absolute Gasteiger partial charge is 0.444 e. The Labute approximate surface area is 139 Å².